The SMILES string of the molecule is O=C(CCNC(=O)C12CC3CC(CC(C3)C1)C2)Nc1cccc(N2CCCC2=O)c1. The zero-order valence-corrected chi connectivity index (χ0v) is 17.5. The fourth-order valence-electron chi connectivity index (χ4n) is 6.76. The lowest BCUT2D eigenvalue weighted by atomic mass is 9.49. The molecule has 6 rings (SSSR count). The minimum Gasteiger partial charge on any atom is -0.355 e. The average Bonchev–Trinajstić information content (AvgIpc) is 3.13. The van der Waals surface area contributed by atoms with E-state index in [1.807, 2.05) is 24.3 Å². The second-order valence-electron chi connectivity index (χ2n) is 9.95. The van der Waals surface area contributed by atoms with Crippen LogP contribution in [0.4, 0.5) is 11.4 Å². The largest absolute Gasteiger partial charge is 0.355 e. The average molecular weight is 410 g/mol. The summed E-state index contributed by atoms with van der Waals surface area (Å²) >= 11 is 0. The number of nitrogens with one attached hydrogen (secondary N) is 2. The smallest absolute Gasteiger partial charge is 0.227 e. The van der Waals surface area contributed by atoms with E-state index in [-0.39, 0.29) is 29.6 Å². The molecule has 30 heavy (non-hydrogen) atoms. The maximum atomic E-state index is 13.0. The molecule has 0 aromatic heterocycles. The highest BCUT2D eigenvalue weighted by Gasteiger charge is 2.54. The molecule has 160 valence electrons. The molecule has 3 amide bonds. The second-order valence-corrected chi connectivity index (χ2v) is 9.95. The fraction of sp³-hybridized carbons (Fsp3) is 0.625. The van der Waals surface area contributed by atoms with Gasteiger partial charge < -0.3 is 15.5 Å². The molecule has 1 aromatic rings. The Hall–Kier alpha value is -2.37. The second kappa shape index (κ2) is 7.71. The van der Waals surface area contributed by atoms with Crippen molar-refractivity contribution in [1.82, 2.24) is 5.32 Å². The number of anilines is 2. The van der Waals surface area contributed by atoms with E-state index < -0.39 is 0 Å². The van der Waals surface area contributed by atoms with Crippen molar-refractivity contribution in [2.75, 3.05) is 23.3 Å². The van der Waals surface area contributed by atoms with Crippen LogP contribution >= 0.6 is 0 Å². The zero-order valence-electron chi connectivity index (χ0n) is 17.5. The molecule has 4 bridgehead atoms. The number of carbonyl (C=O) groups excluding carboxylic acids is 3. The lowest BCUT2D eigenvalue weighted by Gasteiger charge is -2.55. The highest BCUT2D eigenvalue weighted by atomic mass is 16.2. The van der Waals surface area contributed by atoms with Crippen LogP contribution in [0.15, 0.2) is 24.3 Å². The third kappa shape index (κ3) is 3.72. The van der Waals surface area contributed by atoms with Crippen LogP contribution in [0, 0.1) is 23.2 Å². The van der Waals surface area contributed by atoms with Crippen LogP contribution in [0.1, 0.15) is 57.8 Å². The summed E-state index contributed by atoms with van der Waals surface area (Å²) in [4.78, 5) is 39.1. The van der Waals surface area contributed by atoms with E-state index in [1.54, 1.807) is 4.90 Å². The van der Waals surface area contributed by atoms with Crippen molar-refractivity contribution in [2.45, 2.75) is 57.8 Å². The molecule has 0 atom stereocenters. The van der Waals surface area contributed by atoms with Crippen LogP contribution in [-0.4, -0.2) is 30.8 Å². The first-order valence-electron chi connectivity index (χ1n) is 11.5. The Morgan fingerprint density at radius 1 is 1.07 bits per heavy atom. The topological polar surface area (TPSA) is 78.5 Å². The molecule has 4 saturated carbocycles. The number of hydrogen-bond acceptors (Lipinski definition) is 3. The van der Waals surface area contributed by atoms with Gasteiger partial charge in [-0.25, -0.2) is 0 Å². The summed E-state index contributed by atoms with van der Waals surface area (Å²) in [6.45, 7) is 1.10. The first-order valence-corrected chi connectivity index (χ1v) is 11.5. The van der Waals surface area contributed by atoms with Gasteiger partial charge in [-0.05, 0) is 80.9 Å². The Kier molecular flexibility index (Phi) is 5.03. The molecule has 0 unspecified atom stereocenters. The van der Waals surface area contributed by atoms with E-state index in [1.165, 1.54) is 19.3 Å². The maximum absolute atomic E-state index is 13.0. The van der Waals surface area contributed by atoms with Gasteiger partial charge in [0.15, 0.2) is 0 Å². The van der Waals surface area contributed by atoms with E-state index in [0.717, 1.165) is 55.7 Å². The molecule has 0 spiro atoms. The van der Waals surface area contributed by atoms with Crippen molar-refractivity contribution in [2.24, 2.45) is 23.2 Å². The molecule has 1 aliphatic heterocycles. The summed E-state index contributed by atoms with van der Waals surface area (Å²) < 4.78 is 0. The molecule has 1 aromatic carbocycles. The van der Waals surface area contributed by atoms with Gasteiger partial charge in [-0.15, -0.1) is 0 Å². The molecule has 6 heteroatoms. The van der Waals surface area contributed by atoms with Crippen LogP contribution in [0.5, 0.6) is 0 Å². The van der Waals surface area contributed by atoms with Crippen molar-refractivity contribution >= 4 is 29.1 Å². The highest BCUT2D eigenvalue weighted by molar-refractivity contribution is 5.97. The number of benzene rings is 1. The van der Waals surface area contributed by atoms with E-state index in [4.69, 9.17) is 0 Å². The number of rotatable bonds is 6. The molecule has 0 radical (unpaired) electrons. The van der Waals surface area contributed by atoms with Crippen molar-refractivity contribution in [3.8, 4) is 0 Å². The molecule has 4 aliphatic carbocycles. The van der Waals surface area contributed by atoms with E-state index >= 15 is 0 Å². The normalized spacial score (nSPS) is 31.8. The van der Waals surface area contributed by atoms with Crippen molar-refractivity contribution in [3.05, 3.63) is 24.3 Å². The summed E-state index contributed by atoms with van der Waals surface area (Å²) in [5, 5.41) is 5.97. The number of carbonyl (C=O) groups is 3. The third-order valence-electron chi connectivity index (χ3n) is 7.67. The van der Waals surface area contributed by atoms with Crippen LogP contribution < -0.4 is 15.5 Å². The van der Waals surface area contributed by atoms with Crippen molar-refractivity contribution < 1.29 is 14.4 Å². The van der Waals surface area contributed by atoms with Gasteiger partial charge in [0.05, 0.1) is 0 Å². The molecule has 5 fully saturated rings. The Labute approximate surface area is 177 Å². The predicted octanol–water partition coefficient (Wildman–Crippen LogP) is 3.47. The van der Waals surface area contributed by atoms with Crippen molar-refractivity contribution in [1.29, 1.82) is 0 Å². The quantitative estimate of drug-likeness (QED) is 0.755. The molecule has 1 saturated heterocycles. The summed E-state index contributed by atoms with van der Waals surface area (Å²) in [7, 11) is 0. The predicted molar refractivity (Wildman–Crippen MR) is 115 cm³/mol. The third-order valence-corrected chi connectivity index (χ3v) is 7.67. The molecule has 1 heterocycles. The minimum absolute atomic E-state index is 0.120. The van der Waals surface area contributed by atoms with Crippen LogP contribution in [0.25, 0.3) is 0 Å². The summed E-state index contributed by atoms with van der Waals surface area (Å²) in [6, 6.07) is 7.42. The summed E-state index contributed by atoms with van der Waals surface area (Å²) in [5.41, 5.74) is 1.34. The lowest BCUT2D eigenvalue weighted by molar-refractivity contribution is -0.146. The fourth-order valence-corrected chi connectivity index (χ4v) is 6.76. The Bertz CT molecular complexity index is 830. The van der Waals surface area contributed by atoms with Gasteiger partial charge in [0.1, 0.15) is 0 Å². The van der Waals surface area contributed by atoms with Gasteiger partial charge in [-0.3, -0.25) is 14.4 Å². The number of amides is 3. The summed E-state index contributed by atoms with van der Waals surface area (Å²) in [6.07, 6.45) is 8.78. The Morgan fingerprint density at radius 2 is 1.77 bits per heavy atom. The van der Waals surface area contributed by atoms with E-state index in [0.29, 0.717) is 18.7 Å². The highest BCUT2D eigenvalue weighted by Crippen LogP contribution is 2.60. The molecule has 2 N–H and O–H groups in total. The van der Waals surface area contributed by atoms with Crippen LogP contribution in [0.3, 0.4) is 0 Å². The minimum atomic E-state index is -0.165. The van der Waals surface area contributed by atoms with E-state index in [9.17, 15) is 14.4 Å². The molecule has 5 aliphatic rings. The van der Waals surface area contributed by atoms with Gasteiger partial charge in [-0.2, -0.15) is 0 Å². The molecular weight excluding hydrogens is 378 g/mol. The van der Waals surface area contributed by atoms with Gasteiger partial charge in [0, 0.05) is 42.7 Å². The first-order chi connectivity index (χ1) is 14.5. The van der Waals surface area contributed by atoms with Gasteiger partial charge >= 0.3 is 0 Å². The number of nitrogens with zero attached hydrogens (tertiary/aromatic N) is 1. The van der Waals surface area contributed by atoms with Gasteiger partial charge in [0.2, 0.25) is 17.7 Å². The van der Waals surface area contributed by atoms with E-state index in [2.05, 4.69) is 10.6 Å². The molecular formula is C24H31N3O3. The van der Waals surface area contributed by atoms with Crippen LogP contribution in [-0.2, 0) is 14.4 Å². The van der Waals surface area contributed by atoms with Crippen LogP contribution in [0.2, 0.25) is 0 Å². The monoisotopic (exact) mass is 409 g/mol. The molecule has 6 nitrogen and oxygen atoms in total. The van der Waals surface area contributed by atoms with Crippen molar-refractivity contribution in [3.63, 3.8) is 0 Å². The first kappa shape index (κ1) is 19.6. The lowest BCUT2D eigenvalue weighted by Crippen LogP contribution is -2.53. The van der Waals surface area contributed by atoms with Gasteiger partial charge in [-0.1, -0.05) is 6.07 Å². The zero-order chi connectivity index (χ0) is 20.7. The maximum Gasteiger partial charge on any atom is 0.227 e. The summed E-state index contributed by atoms with van der Waals surface area (Å²) in [5.74, 6) is 2.39. The number of hydrogen-bond donors (Lipinski definition) is 2. The Balaban J connectivity index is 1.12. The van der Waals surface area contributed by atoms with Gasteiger partial charge in [0.25, 0.3) is 0 Å². The standard InChI is InChI=1S/C24H31N3O3/c28-21(26-19-3-1-4-20(12-19)27-8-2-5-22(27)29)6-7-25-23(30)24-13-16-9-17(14-24)11-18(10-16)15-24/h1,3-4,12,16-18H,2,5-11,13-15H2,(H,25,30)(H,26,28). The Morgan fingerprint density at radius 3 is 2.40 bits per heavy atom.